The second-order valence-electron chi connectivity index (χ2n) is 10.2. The minimum absolute atomic E-state index is 1.14. The summed E-state index contributed by atoms with van der Waals surface area (Å²) in [6.07, 6.45) is 0. The molecule has 0 heterocycles. The van der Waals surface area contributed by atoms with Crippen LogP contribution in [0.25, 0.3) is 53.9 Å². The van der Waals surface area contributed by atoms with Crippen molar-refractivity contribution in [3.63, 3.8) is 0 Å². The van der Waals surface area contributed by atoms with Crippen LogP contribution in [0.1, 0.15) is 0 Å². The number of benzene rings is 8. The van der Waals surface area contributed by atoms with E-state index in [9.17, 15) is 0 Å². The molecule has 0 aromatic heterocycles. The first-order chi connectivity index (χ1) is 19.4. The lowest BCUT2D eigenvalue weighted by Gasteiger charge is -2.29. The SMILES string of the molecule is c1ccc(N(c2cc3ccccc3c3ccccc23)c2cccc3c2ccc2c4ccccc4ccc32)cc1. The molecule has 0 saturated heterocycles. The summed E-state index contributed by atoms with van der Waals surface area (Å²) in [4.78, 5) is 2.43. The highest BCUT2D eigenvalue weighted by atomic mass is 15.1. The van der Waals surface area contributed by atoms with Crippen LogP contribution < -0.4 is 4.90 Å². The molecule has 0 spiro atoms. The van der Waals surface area contributed by atoms with Crippen molar-refractivity contribution in [1.29, 1.82) is 0 Å². The first-order valence-corrected chi connectivity index (χ1v) is 13.5. The van der Waals surface area contributed by atoms with Gasteiger partial charge in [0.25, 0.3) is 0 Å². The van der Waals surface area contributed by atoms with Crippen molar-refractivity contribution >= 4 is 70.9 Å². The van der Waals surface area contributed by atoms with E-state index in [2.05, 4.69) is 157 Å². The summed E-state index contributed by atoms with van der Waals surface area (Å²) in [6, 6.07) is 55.1. The van der Waals surface area contributed by atoms with Crippen LogP contribution in [0.15, 0.2) is 152 Å². The zero-order chi connectivity index (χ0) is 25.8. The maximum Gasteiger partial charge on any atom is 0.0546 e. The van der Waals surface area contributed by atoms with Gasteiger partial charge in [-0.2, -0.15) is 0 Å². The van der Waals surface area contributed by atoms with Gasteiger partial charge in [-0.1, -0.05) is 127 Å². The third kappa shape index (κ3) is 3.41. The molecule has 8 aromatic rings. The van der Waals surface area contributed by atoms with Gasteiger partial charge in [0.15, 0.2) is 0 Å². The minimum Gasteiger partial charge on any atom is -0.309 e. The van der Waals surface area contributed by atoms with E-state index in [4.69, 9.17) is 0 Å². The molecule has 0 aliphatic rings. The van der Waals surface area contributed by atoms with Crippen molar-refractivity contribution < 1.29 is 0 Å². The molecule has 0 bridgehead atoms. The highest BCUT2D eigenvalue weighted by molar-refractivity contribution is 6.21. The summed E-state index contributed by atoms with van der Waals surface area (Å²) >= 11 is 0. The van der Waals surface area contributed by atoms with E-state index >= 15 is 0 Å². The number of para-hydroxylation sites is 1. The fourth-order valence-electron chi connectivity index (χ4n) is 6.24. The number of hydrogen-bond donors (Lipinski definition) is 0. The zero-order valence-electron chi connectivity index (χ0n) is 21.4. The van der Waals surface area contributed by atoms with Crippen molar-refractivity contribution in [3.05, 3.63) is 152 Å². The van der Waals surface area contributed by atoms with Crippen LogP contribution in [0.3, 0.4) is 0 Å². The monoisotopic (exact) mass is 495 g/mol. The van der Waals surface area contributed by atoms with Gasteiger partial charge in [0, 0.05) is 16.5 Å². The van der Waals surface area contributed by atoms with Gasteiger partial charge in [-0.25, -0.2) is 0 Å². The van der Waals surface area contributed by atoms with Gasteiger partial charge in [0.1, 0.15) is 0 Å². The molecule has 0 saturated carbocycles. The van der Waals surface area contributed by atoms with Crippen LogP contribution in [-0.2, 0) is 0 Å². The van der Waals surface area contributed by atoms with E-state index < -0.39 is 0 Å². The highest BCUT2D eigenvalue weighted by Crippen LogP contribution is 2.45. The summed E-state index contributed by atoms with van der Waals surface area (Å²) in [5.74, 6) is 0. The first kappa shape index (κ1) is 21.9. The van der Waals surface area contributed by atoms with Gasteiger partial charge in [-0.05, 0) is 67.4 Å². The molecule has 0 amide bonds. The minimum atomic E-state index is 1.14. The average molecular weight is 496 g/mol. The third-order valence-corrected chi connectivity index (χ3v) is 8.00. The van der Waals surface area contributed by atoms with E-state index in [0.29, 0.717) is 0 Å². The zero-order valence-corrected chi connectivity index (χ0v) is 21.4. The Morgan fingerprint density at radius 1 is 0.282 bits per heavy atom. The molecule has 0 aliphatic heterocycles. The maximum atomic E-state index is 2.43. The molecule has 39 heavy (non-hydrogen) atoms. The van der Waals surface area contributed by atoms with Crippen molar-refractivity contribution in [2.45, 2.75) is 0 Å². The van der Waals surface area contributed by atoms with E-state index in [-0.39, 0.29) is 0 Å². The van der Waals surface area contributed by atoms with Crippen LogP contribution in [0.5, 0.6) is 0 Å². The van der Waals surface area contributed by atoms with Crippen LogP contribution in [0.4, 0.5) is 17.1 Å². The van der Waals surface area contributed by atoms with Crippen LogP contribution >= 0.6 is 0 Å². The molecule has 0 unspecified atom stereocenters. The standard InChI is InChI=1S/C38H25N/c1-2-13-28(14-3-1)39(38-25-27-12-5-7-16-30(27)31-17-8-9-18-35(31)38)37-20-10-19-32-34-22-21-26-11-4-6-15-29(26)33(34)23-24-36(32)37/h1-25H. The third-order valence-electron chi connectivity index (χ3n) is 8.00. The normalized spacial score (nSPS) is 11.6. The Morgan fingerprint density at radius 3 is 1.59 bits per heavy atom. The molecule has 1 nitrogen and oxygen atoms in total. The fourth-order valence-corrected chi connectivity index (χ4v) is 6.24. The smallest absolute Gasteiger partial charge is 0.0546 e. The second kappa shape index (κ2) is 8.72. The molecule has 182 valence electrons. The van der Waals surface area contributed by atoms with Crippen LogP contribution in [-0.4, -0.2) is 0 Å². The van der Waals surface area contributed by atoms with Crippen molar-refractivity contribution in [2.75, 3.05) is 4.90 Å². The molecule has 8 rings (SSSR count). The molecular weight excluding hydrogens is 470 g/mol. The Labute approximate surface area is 227 Å². The Balaban J connectivity index is 1.48. The molecule has 8 aromatic carbocycles. The molecule has 0 atom stereocenters. The predicted molar refractivity (Wildman–Crippen MR) is 169 cm³/mol. The van der Waals surface area contributed by atoms with Gasteiger partial charge in [-0.3, -0.25) is 0 Å². The summed E-state index contributed by atoms with van der Waals surface area (Å²) < 4.78 is 0. The predicted octanol–water partition coefficient (Wildman–Crippen LogP) is 10.9. The summed E-state index contributed by atoms with van der Waals surface area (Å²) in [5.41, 5.74) is 3.50. The molecular formula is C38H25N. The lowest BCUT2D eigenvalue weighted by atomic mass is 9.95. The van der Waals surface area contributed by atoms with Crippen molar-refractivity contribution in [3.8, 4) is 0 Å². The van der Waals surface area contributed by atoms with Crippen molar-refractivity contribution in [2.24, 2.45) is 0 Å². The fraction of sp³-hybridized carbons (Fsp3) is 0. The van der Waals surface area contributed by atoms with Crippen LogP contribution in [0, 0.1) is 0 Å². The van der Waals surface area contributed by atoms with Gasteiger partial charge < -0.3 is 4.90 Å². The molecule has 0 N–H and O–H groups in total. The van der Waals surface area contributed by atoms with Gasteiger partial charge in [0.2, 0.25) is 0 Å². The Kier molecular flexibility index (Phi) is 4.89. The van der Waals surface area contributed by atoms with Crippen LogP contribution in [0.2, 0.25) is 0 Å². The molecule has 0 radical (unpaired) electrons. The summed E-state index contributed by atoms with van der Waals surface area (Å²) in [5, 5.41) is 12.7. The lowest BCUT2D eigenvalue weighted by molar-refractivity contribution is 1.32. The number of rotatable bonds is 3. The maximum absolute atomic E-state index is 2.43. The van der Waals surface area contributed by atoms with E-state index in [0.717, 1.165) is 5.69 Å². The molecule has 0 fully saturated rings. The first-order valence-electron chi connectivity index (χ1n) is 13.5. The topological polar surface area (TPSA) is 3.24 Å². The Hall–Kier alpha value is -5.14. The lowest BCUT2D eigenvalue weighted by Crippen LogP contribution is -2.11. The van der Waals surface area contributed by atoms with E-state index in [1.807, 2.05) is 0 Å². The second-order valence-corrected chi connectivity index (χ2v) is 10.2. The number of anilines is 3. The number of hydrogen-bond acceptors (Lipinski definition) is 1. The van der Waals surface area contributed by atoms with E-state index in [1.165, 1.54) is 65.2 Å². The average Bonchev–Trinajstić information content (AvgIpc) is 3.01. The Bertz CT molecular complexity index is 2180. The number of nitrogens with zero attached hydrogens (tertiary/aromatic N) is 1. The van der Waals surface area contributed by atoms with E-state index in [1.54, 1.807) is 0 Å². The molecule has 1 heteroatoms. The summed E-state index contributed by atoms with van der Waals surface area (Å²) in [7, 11) is 0. The van der Waals surface area contributed by atoms with Gasteiger partial charge >= 0.3 is 0 Å². The highest BCUT2D eigenvalue weighted by Gasteiger charge is 2.19. The van der Waals surface area contributed by atoms with Crippen molar-refractivity contribution in [1.82, 2.24) is 0 Å². The number of fused-ring (bicyclic) bond motifs is 8. The van der Waals surface area contributed by atoms with Gasteiger partial charge in [0.05, 0.1) is 11.4 Å². The summed E-state index contributed by atoms with van der Waals surface area (Å²) in [6.45, 7) is 0. The van der Waals surface area contributed by atoms with Gasteiger partial charge in [-0.15, -0.1) is 0 Å². The molecule has 0 aliphatic carbocycles. The Morgan fingerprint density at radius 2 is 0.769 bits per heavy atom. The quantitative estimate of drug-likeness (QED) is 0.220. The largest absolute Gasteiger partial charge is 0.309 e.